The molecule has 0 saturated heterocycles. The third-order valence-corrected chi connectivity index (χ3v) is 4.84. The average molecular weight is 395 g/mol. The Morgan fingerprint density at radius 3 is 2.61 bits per heavy atom. The van der Waals surface area contributed by atoms with Crippen LogP contribution in [-0.2, 0) is 4.79 Å². The molecule has 9 heteroatoms. The highest BCUT2D eigenvalue weighted by Gasteiger charge is 2.15. The second-order valence-electron chi connectivity index (χ2n) is 5.87. The highest BCUT2D eigenvalue weighted by molar-refractivity contribution is 7.99. The van der Waals surface area contributed by atoms with Gasteiger partial charge in [-0.25, -0.2) is 4.39 Å². The summed E-state index contributed by atoms with van der Waals surface area (Å²) in [6.45, 7) is 0. The summed E-state index contributed by atoms with van der Waals surface area (Å²) < 4.78 is 14.7. The monoisotopic (exact) mass is 395 g/mol. The average Bonchev–Trinajstić information content (AvgIpc) is 3.11. The molecule has 0 spiro atoms. The maximum atomic E-state index is 13.0. The molecular formula is C19H14FN5O2S. The summed E-state index contributed by atoms with van der Waals surface area (Å²) in [5.74, 6) is -0.262. The van der Waals surface area contributed by atoms with E-state index < -0.39 is 0 Å². The van der Waals surface area contributed by atoms with E-state index in [1.54, 1.807) is 4.40 Å². The lowest BCUT2D eigenvalue weighted by molar-refractivity contribution is -0.113. The molecule has 0 unspecified atom stereocenters. The molecule has 1 amide bonds. The Hall–Kier alpha value is -3.46. The lowest BCUT2D eigenvalue weighted by Gasteiger charge is -2.08. The van der Waals surface area contributed by atoms with E-state index in [1.807, 2.05) is 30.3 Å². The maximum Gasteiger partial charge on any atom is 0.252 e. The van der Waals surface area contributed by atoms with Gasteiger partial charge >= 0.3 is 0 Å². The van der Waals surface area contributed by atoms with Crippen LogP contribution in [0.2, 0.25) is 0 Å². The zero-order valence-electron chi connectivity index (χ0n) is 14.4. The number of halogens is 1. The van der Waals surface area contributed by atoms with Gasteiger partial charge in [0.2, 0.25) is 11.7 Å². The number of H-pyrrole nitrogens is 1. The van der Waals surface area contributed by atoms with E-state index in [2.05, 4.69) is 20.5 Å². The zero-order chi connectivity index (χ0) is 19.5. The van der Waals surface area contributed by atoms with E-state index in [9.17, 15) is 14.0 Å². The van der Waals surface area contributed by atoms with Crippen molar-refractivity contribution < 1.29 is 9.18 Å². The molecule has 0 radical (unpaired) electrons. The topological polar surface area (TPSA) is 92.2 Å². The normalized spacial score (nSPS) is 10.9. The van der Waals surface area contributed by atoms with Crippen LogP contribution < -0.4 is 10.9 Å². The predicted molar refractivity (Wildman–Crippen MR) is 105 cm³/mol. The summed E-state index contributed by atoms with van der Waals surface area (Å²) in [6, 6.07) is 16.4. The number of benzene rings is 2. The van der Waals surface area contributed by atoms with Crippen LogP contribution >= 0.6 is 11.8 Å². The Bertz CT molecular complexity index is 1190. The molecule has 4 rings (SSSR count). The van der Waals surface area contributed by atoms with Crippen LogP contribution in [0.15, 0.2) is 70.6 Å². The number of hydrogen-bond donors (Lipinski definition) is 2. The van der Waals surface area contributed by atoms with E-state index in [-0.39, 0.29) is 23.0 Å². The van der Waals surface area contributed by atoms with Crippen LogP contribution in [0.1, 0.15) is 0 Å². The van der Waals surface area contributed by atoms with Crippen molar-refractivity contribution in [3.8, 4) is 11.3 Å². The van der Waals surface area contributed by atoms with E-state index in [0.29, 0.717) is 22.3 Å². The van der Waals surface area contributed by atoms with Crippen molar-refractivity contribution in [2.45, 2.75) is 5.16 Å². The summed E-state index contributed by atoms with van der Waals surface area (Å²) in [5.41, 5.74) is 1.68. The largest absolute Gasteiger partial charge is 0.325 e. The number of fused-ring (bicyclic) bond motifs is 1. The molecule has 2 heterocycles. The van der Waals surface area contributed by atoms with Crippen molar-refractivity contribution in [2.75, 3.05) is 11.1 Å². The van der Waals surface area contributed by atoms with Gasteiger partial charge in [0, 0.05) is 11.8 Å². The molecule has 0 saturated carbocycles. The van der Waals surface area contributed by atoms with Crippen LogP contribution in [0.4, 0.5) is 10.1 Å². The summed E-state index contributed by atoms with van der Waals surface area (Å²) in [7, 11) is 0. The van der Waals surface area contributed by atoms with Crippen molar-refractivity contribution in [3.63, 3.8) is 0 Å². The van der Waals surface area contributed by atoms with Crippen LogP contribution in [-0.4, -0.2) is 31.2 Å². The number of aromatic nitrogens is 4. The van der Waals surface area contributed by atoms with Gasteiger partial charge in [-0.05, 0) is 29.8 Å². The first-order valence-electron chi connectivity index (χ1n) is 8.32. The summed E-state index contributed by atoms with van der Waals surface area (Å²) in [5, 5.41) is 11.3. The van der Waals surface area contributed by atoms with Gasteiger partial charge in [0.1, 0.15) is 5.82 Å². The second-order valence-corrected chi connectivity index (χ2v) is 6.81. The molecule has 0 aliphatic rings. The third-order valence-electron chi connectivity index (χ3n) is 3.91. The van der Waals surface area contributed by atoms with Crippen molar-refractivity contribution in [1.29, 1.82) is 0 Å². The maximum absolute atomic E-state index is 13.0. The Kier molecular flexibility index (Phi) is 4.90. The van der Waals surface area contributed by atoms with Crippen LogP contribution in [0.25, 0.3) is 17.0 Å². The summed E-state index contributed by atoms with van der Waals surface area (Å²) >= 11 is 1.18. The summed E-state index contributed by atoms with van der Waals surface area (Å²) in [6.07, 6.45) is 0. The Balaban J connectivity index is 1.58. The molecule has 2 aromatic carbocycles. The Morgan fingerprint density at radius 1 is 1.11 bits per heavy atom. The smallest absolute Gasteiger partial charge is 0.252 e. The number of anilines is 1. The lowest BCUT2D eigenvalue weighted by Crippen LogP contribution is -2.14. The van der Waals surface area contributed by atoms with E-state index >= 15 is 0 Å². The lowest BCUT2D eigenvalue weighted by atomic mass is 10.1. The fourth-order valence-electron chi connectivity index (χ4n) is 2.68. The number of nitrogens with one attached hydrogen (secondary N) is 2. The first-order valence-corrected chi connectivity index (χ1v) is 9.31. The molecule has 2 N–H and O–H groups in total. The first kappa shape index (κ1) is 17.9. The Labute approximate surface area is 162 Å². The highest BCUT2D eigenvalue weighted by Crippen LogP contribution is 2.24. The minimum absolute atomic E-state index is 0.0749. The standard InChI is InChI=1S/C19H14FN5O2S/c20-13-6-8-14(9-7-13)21-17(27)11-28-19-24-23-18-22-16(26)10-15(25(18)19)12-4-2-1-3-5-12/h1-10H,11H2,(H,21,27)(H,22,23,26). The highest BCUT2D eigenvalue weighted by atomic mass is 32.2. The second kappa shape index (κ2) is 7.65. The van der Waals surface area contributed by atoms with Crippen LogP contribution in [0, 0.1) is 5.82 Å². The van der Waals surface area contributed by atoms with Gasteiger partial charge in [-0.2, -0.15) is 0 Å². The number of carbonyl (C=O) groups excluding carboxylic acids is 1. The van der Waals surface area contributed by atoms with Gasteiger partial charge in [-0.3, -0.25) is 19.0 Å². The molecule has 28 heavy (non-hydrogen) atoms. The molecule has 0 bridgehead atoms. The van der Waals surface area contributed by atoms with Gasteiger partial charge in [-0.1, -0.05) is 42.1 Å². The molecule has 0 fully saturated rings. The predicted octanol–water partition coefficient (Wildman–Crippen LogP) is 2.95. The fraction of sp³-hybridized carbons (Fsp3) is 0.0526. The molecule has 7 nitrogen and oxygen atoms in total. The number of hydrogen-bond acceptors (Lipinski definition) is 5. The number of amides is 1. The van der Waals surface area contributed by atoms with E-state index in [1.165, 1.54) is 42.1 Å². The quantitative estimate of drug-likeness (QED) is 0.507. The molecule has 140 valence electrons. The molecular weight excluding hydrogens is 381 g/mol. The fourth-order valence-corrected chi connectivity index (χ4v) is 3.42. The van der Waals surface area contributed by atoms with Gasteiger partial charge < -0.3 is 5.32 Å². The Morgan fingerprint density at radius 2 is 1.86 bits per heavy atom. The van der Waals surface area contributed by atoms with Gasteiger partial charge in [0.25, 0.3) is 5.56 Å². The number of aromatic amines is 1. The van der Waals surface area contributed by atoms with Crippen LogP contribution in [0.3, 0.4) is 0 Å². The molecule has 0 aliphatic heterocycles. The van der Waals surface area contributed by atoms with Crippen molar-refractivity contribution in [3.05, 3.63) is 76.8 Å². The van der Waals surface area contributed by atoms with Crippen molar-refractivity contribution in [1.82, 2.24) is 19.6 Å². The number of thioether (sulfide) groups is 1. The van der Waals surface area contributed by atoms with Crippen LogP contribution in [0.5, 0.6) is 0 Å². The molecule has 4 aromatic rings. The minimum Gasteiger partial charge on any atom is -0.325 e. The molecule has 0 atom stereocenters. The van der Waals surface area contributed by atoms with Gasteiger partial charge in [-0.15, -0.1) is 10.2 Å². The third kappa shape index (κ3) is 3.79. The van der Waals surface area contributed by atoms with E-state index in [0.717, 1.165) is 5.56 Å². The van der Waals surface area contributed by atoms with Crippen molar-refractivity contribution >= 4 is 29.1 Å². The van der Waals surface area contributed by atoms with Crippen molar-refractivity contribution in [2.24, 2.45) is 0 Å². The summed E-state index contributed by atoms with van der Waals surface area (Å²) in [4.78, 5) is 26.8. The minimum atomic E-state index is -0.371. The molecule has 0 aliphatic carbocycles. The number of rotatable bonds is 5. The van der Waals surface area contributed by atoms with Gasteiger partial charge in [0.05, 0.1) is 11.4 Å². The van der Waals surface area contributed by atoms with Gasteiger partial charge in [0.15, 0.2) is 5.16 Å². The SMILES string of the molecule is O=C(CSc1nnc2[nH]c(=O)cc(-c3ccccc3)n12)Nc1ccc(F)cc1. The number of nitrogens with zero attached hydrogens (tertiary/aromatic N) is 3. The zero-order valence-corrected chi connectivity index (χ0v) is 15.2. The molecule has 2 aromatic heterocycles. The number of carbonyl (C=O) groups is 1. The first-order chi connectivity index (χ1) is 13.6. The van der Waals surface area contributed by atoms with E-state index in [4.69, 9.17) is 0 Å².